The Hall–Kier alpha value is -0.340. The first-order valence-electron chi connectivity index (χ1n) is 9.28. The van der Waals surface area contributed by atoms with Gasteiger partial charge in [-0.2, -0.15) is 0 Å². The predicted molar refractivity (Wildman–Crippen MR) is 90.4 cm³/mol. The molecule has 21 heavy (non-hydrogen) atoms. The largest absolute Gasteiger partial charge is 0.393 e. The smallest absolute Gasteiger partial charge is 0.0586 e. The van der Waals surface area contributed by atoms with Crippen LogP contribution in [0.15, 0.2) is 12.7 Å². The first-order valence-corrected chi connectivity index (χ1v) is 9.28. The van der Waals surface area contributed by atoms with Crippen molar-refractivity contribution in [3.63, 3.8) is 0 Å². The molecule has 4 unspecified atom stereocenters. The fourth-order valence-corrected chi connectivity index (χ4v) is 4.70. The highest BCUT2D eigenvalue weighted by Crippen LogP contribution is 2.43. The van der Waals surface area contributed by atoms with Crippen LogP contribution in [0.2, 0.25) is 0 Å². The second-order valence-electron chi connectivity index (χ2n) is 7.32. The Kier molecular flexibility index (Phi) is 6.75. The normalized spacial score (nSPS) is 36.8. The maximum atomic E-state index is 10.6. The van der Waals surface area contributed by atoms with Crippen molar-refractivity contribution in [3.8, 4) is 0 Å². The number of unbranched alkanes of at least 4 members (excludes halogenated alkanes) is 2. The number of nitrogens with one attached hydrogen (secondary N) is 1. The Labute approximate surface area is 131 Å². The molecule has 2 rings (SSSR count). The number of aliphatic hydroxyl groups excluding tert-OH is 1. The number of piperidine rings is 1. The Morgan fingerprint density at radius 2 is 1.95 bits per heavy atom. The van der Waals surface area contributed by atoms with Gasteiger partial charge >= 0.3 is 0 Å². The van der Waals surface area contributed by atoms with Crippen LogP contribution in [0, 0.1) is 5.92 Å². The minimum Gasteiger partial charge on any atom is -0.393 e. The van der Waals surface area contributed by atoms with Gasteiger partial charge in [0.2, 0.25) is 0 Å². The van der Waals surface area contributed by atoms with Crippen LogP contribution in [0.4, 0.5) is 0 Å². The molecule has 1 aliphatic carbocycles. The van der Waals surface area contributed by atoms with E-state index in [-0.39, 0.29) is 11.6 Å². The summed E-state index contributed by atoms with van der Waals surface area (Å²) < 4.78 is 0. The molecule has 1 heterocycles. The fraction of sp³-hybridized carbons (Fsp3) is 0.895. The molecule has 122 valence electrons. The number of hydrogen-bond acceptors (Lipinski definition) is 2. The van der Waals surface area contributed by atoms with Crippen molar-refractivity contribution < 1.29 is 5.11 Å². The van der Waals surface area contributed by atoms with Crippen molar-refractivity contribution in [2.75, 3.05) is 0 Å². The van der Waals surface area contributed by atoms with Gasteiger partial charge in [-0.15, -0.1) is 6.58 Å². The molecule has 2 fully saturated rings. The molecule has 1 saturated heterocycles. The third-order valence-electron chi connectivity index (χ3n) is 5.79. The first-order chi connectivity index (χ1) is 10.2. The van der Waals surface area contributed by atoms with Gasteiger partial charge < -0.3 is 10.4 Å². The highest BCUT2D eigenvalue weighted by atomic mass is 16.3. The van der Waals surface area contributed by atoms with Crippen molar-refractivity contribution in [1.29, 1.82) is 0 Å². The lowest BCUT2D eigenvalue weighted by Crippen LogP contribution is -2.62. The molecule has 1 aliphatic heterocycles. The van der Waals surface area contributed by atoms with Crippen LogP contribution >= 0.6 is 0 Å². The van der Waals surface area contributed by atoms with Crippen LogP contribution in [0.25, 0.3) is 0 Å². The number of aliphatic hydroxyl groups is 1. The molecule has 2 N–H and O–H groups in total. The van der Waals surface area contributed by atoms with Crippen LogP contribution in [0.5, 0.6) is 0 Å². The highest BCUT2D eigenvalue weighted by Gasteiger charge is 2.46. The zero-order chi connectivity index (χ0) is 15.1. The van der Waals surface area contributed by atoms with E-state index in [0.717, 1.165) is 12.8 Å². The van der Waals surface area contributed by atoms with Crippen molar-refractivity contribution in [1.82, 2.24) is 5.32 Å². The molecule has 2 aliphatic rings. The van der Waals surface area contributed by atoms with E-state index in [9.17, 15) is 5.11 Å². The van der Waals surface area contributed by atoms with E-state index in [1.807, 2.05) is 6.08 Å². The van der Waals surface area contributed by atoms with E-state index in [0.29, 0.717) is 12.0 Å². The van der Waals surface area contributed by atoms with Gasteiger partial charge in [0.25, 0.3) is 0 Å². The Balaban J connectivity index is 1.99. The number of rotatable bonds is 7. The van der Waals surface area contributed by atoms with Crippen molar-refractivity contribution in [2.45, 2.75) is 102 Å². The number of hydrogen-bond donors (Lipinski definition) is 2. The minimum atomic E-state index is -0.0790. The second-order valence-corrected chi connectivity index (χ2v) is 7.32. The van der Waals surface area contributed by atoms with Crippen molar-refractivity contribution in [2.24, 2.45) is 5.92 Å². The van der Waals surface area contributed by atoms with Crippen LogP contribution < -0.4 is 5.32 Å². The highest BCUT2D eigenvalue weighted by molar-refractivity contribution is 5.04. The van der Waals surface area contributed by atoms with Gasteiger partial charge in [-0.1, -0.05) is 32.3 Å². The summed E-state index contributed by atoms with van der Waals surface area (Å²) in [5, 5.41) is 14.6. The molecule has 2 heteroatoms. The number of allylic oxidation sites excluding steroid dienone is 1. The molecule has 0 radical (unpaired) electrons. The molecule has 1 spiro atoms. The maximum absolute atomic E-state index is 10.6. The SMILES string of the molecule is C=CCCCC1CCCC2(CCCC(O)C2CCCC)N1. The average molecular weight is 293 g/mol. The zero-order valence-corrected chi connectivity index (χ0v) is 13.9. The van der Waals surface area contributed by atoms with Crippen molar-refractivity contribution in [3.05, 3.63) is 12.7 Å². The standard InChI is InChI=1S/C19H35NO/c1-3-5-7-10-16-11-8-14-19(20-16)15-9-13-18(21)17(19)12-6-4-2/h3,16-18,20-21H,1,4-15H2,2H3. The van der Waals surface area contributed by atoms with E-state index < -0.39 is 0 Å². The summed E-state index contributed by atoms with van der Waals surface area (Å²) in [6, 6.07) is 0.660. The van der Waals surface area contributed by atoms with Crippen LogP contribution in [0.1, 0.15) is 84.0 Å². The Morgan fingerprint density at radius 1 is 1.19 bits per heavy atom. The molecular weight excluding hydrogens is 258 g/mol. The average Bonchev–Trinajstić information content (AvgIpc) is 2.47. The third-order valence-corrected chi connectivity index (χ3v) is 5.79. The molecule has 1 saturated carbocycles. The van der Waals surface area contributed by atoms with Gasteiger partial charge in [-0.05, 0) is 57.8 Å². The molecule has 0 aromatic rings. The second kappa shape index (κ2) is 8.33. The summed E-state index contributed by atoms with van der Waals surface area (Å²) in [4.78, 5) is 0. The zero-order valence-electron chi connectivity index (χ0n) is 13.9. The summed E-state index contributed by atoms with van der Waals surface area (Å²) in [5.41, 5.74) is 0.240. The summed E-state index contributed by atoms with van der Waals surface area (Å²) in [6.45, 7) is 6.09. The summed E-state index contributed by atoms with van der Waals surface area (Å²) in [5.74, 6) is 0.480. The van der Waals surface area contributed by atoms with Gasteiger partial charge in [-0.3, -0.25) is 0 Å². The van der Waals surface area contributed by atoms with Crippen molar-refractivity contribution >= 4 is 0 Å². The lowest BCUT2D eigenvalue weighted by atomic mass is 9.64. The molecular formula is C19H35NO. The summed E-state index contributed by atoms with van der Waals surface area (Å²) in [6.07, 6.45) is 16.7. The quantitative estimate of drug-likeness (QED) is 0.532. The van der Waals surface area contributed by atoms with Crippen LogP contribution in [-0.4, -0.2) is 22.8 Å². The topological polar surface area (TPSA) is 32.3 Å². The molecule has 0 bridgehead atoms. The van der Waals surface area contributed by atoms with E-state index >= 15 is 0 Å². The van der Waals surface area contributed by atoms with Crippen LogP contribution in [-0.2, 0) is 0 Å². The molecule has 0 aromatic carbocycles. The Morgan fingerprint density at radius 3 is 2.67 bits per heavy atom. The minimum absolute atomic E-state index is 0.0790. The molecule has 0 amide bonds. The Bertz CT molecular complexity index is 313. The van der Waals surface area contributed by atoms with Gasteiger partial charge in [0.1, 0.15) is 0 Å². The maximum Gasteiger partial charge on any atom is 0.0586 e. The molecule has 4 atom stereocenters. The van der Waals surface area contributed by atoms with Gasteiger partial charge in [0.15, 0.2) is 0 Å². The lowest BCUT2D eigenvalue weighted by molar-refractivity contribution is -0.0256. The molecule has 2 nitrogen and oxygen atoms in total. The first kappa shape index (κ1) is 17.0. The monoisotopic (exact) mass is 293 g/mol. The molecule has 0 aromatic heterocycles. The van der Waals surface area contributed by atoms with E-state index in [1.165, 1.54) is 64.2 Å². The fourth-order valence-electron chi connectivity index (χ4n) is 4.70. The van der Waals surface area contributed by atoms with Gasteiger partial charge in [0.05, 0.1) is 6.10 Å². The summed E-state index contributed by atoms with van der Waals surface area (Å²) in [7, 11) is 0. The van der Waals surface area contributed by atoms with E-state index in [4.69, 9.17) is 0 Å². The van der Waals surface area contributed by atoms with Gasteiger partial charge in [-0.25, -0.2) is 0 Å². The summed E-state index contributed by atoms with van der Waals surface area (Å²) >= 11 is 0. The van der Waals surface area contributed by atoms with Gasteiger partial charge in [0, 0.05) is 17.5 Å². The predicted octanol–water partition coefficient (Wildman–Crippen LogP) is 4.57. The third kappa shape index (κ3) is 4.32. The van der Waals surface area contributed by atoms with Crippen LogP contribution in [0.3, 0.4) is 0 Å². The van der Waals surface area contributed by atoms with E-state index in [2.05, 4.69) is 18.8 Å². The lowest BCUT2D eigenvalue weighted by Gasteiger charge is -2.52. The van der Waals surface area contributed by atoms with E-state index in [1.54, 1.807) is 0 Å².